The molecule has 4 heteroatoms. The molecule has 4 aromatic rings. The molecule has 0 radical (unpaired) electrons. The van der Waals surface area contributed by atoms with E-state index in [2.05, 4.69) is 22.1 Å². The van der Waals surface area contributed by atoms with E-state index < -0.39 is 0 Å². The van der Waals surface area contributed by atoms with Crippen LogP contribution in [0.5, 0.6) is 11.5 Å². The third kappa shape index (κ3) is 1.70. The van der Waals surface area contributed by atoms with Gasteiger partial charge in [0, 0.05) is 28.6 Å². The van der Waals surface area contributed by atoms with Crippen molar-refractivity contribution < 1.29 is 9.47 Å². The molecule has 2 heterocycles. The van der Waals surface area contributed by atoms with Gasteiger partial charge in [-0.1, -0.05) is 12.1 Å². The minimum atomic E-state index is 0.812. The molecule has 4 rings (SSSR count). The fraction of sp³-hybridized carbons (Fsp3) is 0.111. The topological polar surface area (TPSA) is 44.2 Å². The lowest BCUT2D eigenvalue weighted by molar-refractivity contribution is 0.419. The average molecular weight is 290 g/mol. The second-order valence-corrected chi connectivity index (χ2v) is 5.05. The van der Waals surface area contributed by atoms with Crippen molar-refractivity contribution in [2.75, 3.05) is 14.2 Å². The van der Waals surface area contributed by atoms with E-state index in [1.807, 2.05) is 24.3 Å². The zero-order chi connectivity index (χ0) is 15.1. The van der Waals surface area contributed by atoms with Crippen LogP contribution in [0.15, 0.2) is 48.8 Å². The number of fused-ring (bicyclic) bond motifs is 5. The van der Waals surface area contributed by atoms with Crippen molar-refractivity contribution in [3.8, 4) is 11.5 Å². The number of pyridine rings is 2. The smallest absolute Gasteiger partial charge is 0.129 e. The van der Waals surface area contributed by atoms with Gasteiger partial charge in [-0.15, -0.1) is 0 Å². The Bertz CT molecular complexity index is 933. The van der Waals surface area contributed by atoms with Crippen LogP contribution < -0.4 is 9.47 Å². The van der Waals surface area contributed by atoms with Crippen LogP contribution in [0, 0.1) is 0 Å². The standard InChI is InChI=1S/C18H14N2O2/c1-21-14-7-9-19-17-12(14)5-3-11-4-6-13-15(22-2)8-10-20-18(13)16(11)17/h3-10H,1-2H3. The van der Waals surface area contributed by atoms with Gasteiger partial charge in [-0.25, -0.2) is 0 Å². The lowest BCUT2D eigenvalue weighted by Gasteiger charge is -2.10. The number of aromatic nitrogens is 2. The summed E-state index contributed by atoms with van der Waals surface area (Å²) in [5.74, 6) is 1.62. The van der Waals surface area contributed by atoms with E-state index in [0.717, 1.165) is 44.1 Å². The van der Waals surface area contributed by atoms with Gasteiger partial charge >= 0.3 is 0 Å². The van der Waals surface area contributed by atoms with Crippen LogP contribution in [0.25, 0.3) is 32.6 Å². The fourth-order valence-corrected chi connectivity index (χ4v) is 2.94. The Labute approximate surface area is 127 Å². The Morgan fingerprint density at radius 1 is 0.682 bits per heavy atom. The van der Waals surface area contributed by atoms with Gasteiger partial charge in [0.2, 0.25) is 0 Å². The minimum Gasteiger partial charge on any atom is -0.496 e. The Hall–Kier alpha value is -2.88. The molecule has 0 aliphatic carbocycles. The molecule has 0 aliphatic rings. The van der Waals surface area contributed by atoms with Gasteiger partial charge < -0.3 is 9.47 Å². The van der Waals surface area contributed by atoms with E-state index in [-0.39, 0.29) is 0 Å². The molecule has 108 valence electrons. The highest BCUT2D eigenvalue weighted by Crippen LogP contribution is 2.35. The van der Waals surface area contributed by atoms with Crippen molar-refractivity contribution in [2.24, 2.45) is 0 Å². The zero-order valence-corrected chi connectivity index (χ0v) is 12.3. The first-order valence-electron chi connectivity index (χ1n) is 7.00. The summed E-state index contributed by atoms with van der Waals surface area (Å²) in [4.78, 5) is 9.13. The lowest BCUT2D eigenvalue weighted by Crippen LogP contribution is -1.91. The molecular formula is C18H14N2O2. The molecule has 0 N–H and O–H groups in total. The third-order valence-corrected chi connectivity index (χ3v) is 3.96. The maximum atomic E-state index is 5.45. The largest absolute Gasteiger partial charge is 0.496 e. The molecule has 2 aromatic heterocycles. The maximum absolute atomic E-state index is 5.45. The summed E-state index contributed by atoms with van der Waals surface area (Å²) < 4.78 is 10.9. The van der Waals surface area contributed by atoms with E-state index in [4.69, 9.17) is 9.47 Å². The monoisotopic (exact) mass is 290 g/mol. The van der Waals surface area contributed by atoms with Crippen LogP contribution in [-0.2, 0) is 0 Å². The summed E-state index contributed by atoms with van der Waals surface area (Å²) in [5, 5.41) is 4.08. The fourth-order valence-electron chi connectivity index (χ4n) is 2.94. The third-order valence-electron chi connectivity index (χ3n) is 3.96. The summed E-state index contributed by atoms with van der Waals surface area (Å²) in [7, 11) is 3.34. The first-order valence-corrected chi connectivity index (χ1v) is 7.00. The van der Waals surface area contributed by atoms with Gasteiger partial charge in [-0.05, 0) is 29.7 Å². The molecule has 0 spiro atoms. The zero-order valence-electron chi connectivity index (χ0n) is 12.3. The Balaban J connectivity index is 2.27. The highest BCUT2D eigenvalue weighted by molar-refractivity contribution is 6.19. The molecule has 0 bridgehead atoms. The van der Waals surface area contributed by atoms with Gasteiger partial charge in [0.1, 0.15) is 11.5 Å². The first kappa shape index (κ1) is 12.8. The normalized spacial score (nSPS) is 11.2. The molecule has 0 saturated heterocycles. The molecule has 4 nitrogen and oxygen atoms in total. The van der Waals surface area contributed by atoms with Crippen molar-refractivity contribution in [3.05, 3.63) is 48.8 Å². The number of ether oxygens (including phenoxy) is 2. The SMILES string of the molecule is COc1ccnc2c1ccc1ccc3c(OC)ccnc3c12. The van der Waals surface area contributed by atoms with Crippen LogP contribution in [-0.4, -0.2) is 24.2 Å². The highest BCUT2D eigenvalue weighted by atomic mass is 16.5. The second-order valence-electron chi connectivity index (χ2n) is 5.05. The molecule has 0 fully saturated rings. The van der Waals surface area contributed by atoms with Crippen molar-refractivity contribution in [2.45, 2.75) is 0 Å². The van der Waals surface area contributed by atoms with Gasteiger partial charge in [-0.3, -0.25) is 9.97 Å². The number of rotatable bonds is 2. The van der Waals surface area contributed by atoms with Gasteiger partial charge in [0.15, 0.2) is 0 Å². The quantitative estimate of drug-likeness (QED) is 0.524. The predicted molar refractivity (Wildman–Crippen MR) is 87.7 cm³/mol. The predicted octanol–water partition coefficient (Wildman–Crippen LogP) is 3.95. The highest BCUT2D eigenvalue weighted by Gasteiger charge is 2.12. The van der Waals surface area contributed by atoms with Crippen LogP contribution in [0.1, 0.15) is 0 Å². The molecule has 2 aromatic carbocycles. The average Bonchev–Trinajstić information content (AvgIpc) is 2.59. The summed E-state index contributed by atoms with van der Waals surface area (Å²) in [5.41, 5.74) is 1.78. The second kappa shape index (κ2) is 4.84. The number of nitrogens with zero attached hydrogens (tertiary/aromatic N) is 2. The minimum absolute atomic E-state index is 0.812. The van der Waals surface area contributed by atoms with Gasteiger partial charge in [0.05, 0.1) is 25.3 Å². The van der Waals surface area contributed by atoms with E-state index in [0.29, 0.717) is 0 Å². The summed E-state index contributed by atoms with van der Waals surface area (Å²) >= 11 is 0. The summed E-state index contributed by atoms with van der Waals surface area (Å²) in [6.07, 6.45) is 3.53. The van der Waals surface area contributed by atoms with Crippen molar-refractivity contribution in [3.63, 3.8) is 0 Å². The van der Waals surface area contributed by atoms with Gasteiger partial charge in [-0.2, -0.15) is 0 Å². The summed E-state index contributed by atoms with van der Waals surface area (Å²) in [6, 6.07) is 12.0. The van der Waals surface area contributed by atoms with E-state index in [9.17, 15) is 0 Å². The van der Waals surface area contributed by atoms with Crippen molar-refractivity contribution in [1.29, 1.82) is 0 Å². The van der Waals surface area contributed by atoms with Crippen LogP contribution in [0.4, 0.5) is 0 Å². The number of methoxy groups -OCH3 is 2. The molecular weight excluding hydrogens is 276 g/mol. The maximum Gasteiger partial charge on any atom is 0.129 e. The lowest BCUT2D eigenvalue weighted by atomic mass is 10.0. The first-order chi connectivity index (χ1) is 10.8. The van der Waals surface area contributed by atoms with Crippen LogP contribution in [0.2, 0.25) is 0 Å². The van der Waals surface area contributed by atoms with Crippen molar-refractivity contribution >= 4 is 32.6 Å². The van der Waals surface area contributed by atoms with E-state index in [1.54, 1.807) is 26.6 Å². The number of hydrogen-bond donors (Lipinski definition) is 0. The Morgan fingerprint density at radius 3 is 1.64 bits per heavy atom. The van der Waals surface area contributed by atoms with Crippen LogP contribution >= 0.6 is 0 Å². The molecule has 0 unspecified atom stereocenters. The molecule has 0 saturated carbocycles. The van der Waals surface area contributed by atoms with E-state index >= 15 is 0 Å². The Kier molecular flexibility index (Phi) is 2.82. The van der Waals surface area contributed by atoms with Crippen molar-refractivity contribution in [1.82, 2.24) is 9.97 Å². The van der Waals surface area contributed by atoms with E-state index in [1.165, 1.54) is 0 Å². The molecule has 0 amide bonds. The molecule has 0 atom stereocenters. The van der Waals surface area contributed by atoms with Crippen LogP contribution in [0.3, 0.4) is 0 Å². The Morgan fingerprint density at radius 2 is 1.18 bits per heavy atom. The number of benzene rings is 2. The number of hydrogen-bond acceptors (Lipinski definition) is 4. The van der Waals surface area contributed by atoms with Gasteiger partial charge in [0.25, 0.3) is 0 Å². The molecule has 22 heavy (non-hydrogen) atoms. The molecule has 0 aliphatic heterocycles. The summed E-state index contributed by atoms with van der Waals surface area (Å²) in [6.45, 7) is 0.